The van der Waals surface area contributed by atoms with Gasteiger partial charge in [0.2, 0.25) is 27.7 Å². The number of hydrogen-bond acceptors (Lipinski definition) is 11. The highest BCUT2D eigenvalue weighted by Gasteiger charge is 2.61. The van der Waals surface area contributed by atoms with E-state index < -0.39 is 51.5 Å². The third kappa shape index (κ3) is 8.02. The molecule has 0 bridgehead atoms. The van der Waals surface area contributed by atoms with E-state index in [0.717, 1.165) is 31.2 Å². The molecule has 13 nitrogen and oxygen atoms in total. The Bertz CT molecular complexity index is 1790. The fourth-order valence-electron chi connectivity index (χ4n) is 7.51. The number of allylic oxidation sites excluding steroid dienone is 2. The SMILES string of the molecule is COc1ccc2c(O[C@@H]3C[C@H]4C(=O)C[C@]5(C(=O)NS(=O)(=O)C6CC6)C[C@@H]5/C=C\CCCCC[C@H](NCO)C(=O)N4C3)cc(OC(C)C)nc2c1C. The number of aromatic nitrogens is 1. The molecule has 1 aromatic heterocycles. The number of fused-ring (bicyclic) bond motifs is 3. The number of carbonyl (C=O) groups excluding carboxylic acids is 3. The van der Waals surface area contributed by atoms with Crippen LogP contribution in [0.5, 0.6) is 17.4 Å². The first-order valence-electron chi connectivity index (χ1n) is 18.1. The van der Waals surface area contributed by atoms with Crippen LogP contribution in [0.25, 0.3) is 10.9 Å². The summed E-state index contributed by atoms with van der Waals surface area (Å²) >= 11 is 0. The molecule has 1 aromatic carbocycles. The second kappa shape index (κ2) is 15.1. The minimum Gasteiger partial charge on any atom is -0.496 e. The van der Waals surface area contributed by atoms with Crippen LogP contribution in [0.3, 0.4) is 0 Å². The van der Waals surface area contributed by atoms with E-state index >= 15 is 0 Å². The lowest BCUT2D eigenvalue weighted by atomic mass is 9.91. The van der Waals surface area contributed by atoms with E-state index in [4.69, 9.17) is 19.2 Å². The predicted molar refractivity (Wildman–Crippen MR) is 190 cm³/mol. The molecule has 3 heterocycles. The van der Waals surface area contributed by atoms with Gasteiger partial charge in [-0.05, 0) is 77.3 Å². The topological polar surface area (TPSA) is 173 Å². The molecule has 0 spiro atoms. The van der Waals surface area contributed by atoms with E-state index in [1.807, 2.05) is 45.1 Å². The Morgan fingerprint density at radius 2 is 1.92 bits per heavy atom. The van der Waals surface area contributed by atoms with Crippen molar-refractivity contribution in [1.82, 2.24) is 19.9 Å². The van der Waals surface area contributed by atoms with Gasteiger partial charge in [-0.2, -0.15) is 0 Å². The molecule has 2 saturated carbocycles. The lowest BCUT2D eigenvalue weighted by Crippen LogP contribution is -2.51. The van der Waals surface area contributed by atoms with Gasteiger partial charge in [-0.1, -0.05) is 25.0 Å². The summed E-state index contributed by atoms with van der Waals surface area (Å²) in [7, 11) is -2.24. The fraction of sp³-hybridized carbons (Fsp3) is 0.622. The maximum atomic E-state index is 14.4. The van der Waals surface area contributed by atoms with Crippen molar-refractivity contribution in [3.63, 3.8) is 0 Å². The third-order valence-corrected chi connectivity index (χ3v) is 12.4. The quantitative estimate of drug-likeness (QED) is 0.241. The van der Waals surface area contributed by atoms with E-state index in [1.54, 1.807) is 13.2 Å². The molecule has 2 aromatic rings. The molecular formula is C37H50N4O9S. The number of Topliss-reactive ketones (excluding diaryl/α,β-unsaturated/α-hetero) is 1. The number of nitrogens with zero attached hydrogens (tertiary/aromatic N) is 2. The zero-order valence-corrected chi connectivity index (χ0v) is 30.7. The summed E-state index contributed by atoms with van der Waals surface area (Å²) in [6.45, 7) is 5.38. The summed E-state index contributed by atoms with van der Waals surface area (Å²) in [5.74, 6) is -0.101. The van der Waals surface area contributed by atoms with Crippen molar-refractivity contribution in [2.24, 2.45) is 11.3 Å². The highest BCUT2D eigenvalue weighted by atomic mass is 32.2. The summed E-state index contributed by atoms with van der Waals surface area (Å²) in [5.41, 5.74) is 0.223. The normalized spacial score (nSPS) is 28.0. The summed E-state index contributed by atoms with van der Waals surface area (Å²) in [4.78, 5) is 48.5. The van der Waals surface area contributed by atoms with Crippen molar-refractivity contribution in [1.29, 1.82) is 0 Å². The van der Waals surface area contributed by atoms with Crippen LogP contribution in [0, 0.1) is 18.3 Å². The number of aliphatic hydroxyl groups is 1. The van der Waals surface area contributed by atoms with Gasteiger partial charge in [0.25, 0.3) is 0 Å². The first-order valence-corrected chi connectivity index (χ1v) is 19.6. The molecule has 3 N–H and O–H groups in total. The van der Waals surface area contributed by atoms with E-state index in [-0.39, 0.29) is 43.1 Å². The average Bonchev–Trinajstić information content (AvgIpc) is 4.00. The van der Waals surface area contributed by atoms with Crippen LogP contribution in [0.4, 0.5) is 0 Å². The van der Waals surface area contributed by atoms with Gasteiger partial charge < -0.3 is 24.2 Å². The predicted octanol–water partition coefficient (Wildman–Crippen LogP) is 3.69. The van der Waals surface area contributed by atoms with E-state index in [1.165, 1.54) is 4.90 Å². The van der Waals surface area contributed by atoms with Gasteiger partial charge in [0.1, 0.15) is 17.6 Å². The smallest absolute Gasteiger partial charge is 0.240 e. The number of pyridine rings is 1. The Hall–Kier alpha value is -3.75. The number of ketones is 1. The number of methoxy groups -OCH3 is 1. The Balaban J connectivity index is 1.33. The molecule has 2 aliphatic carbocycles. The molecule has 4 aliphatic rings. The van der Waals surface area contributed by atoms with Gasteiger partial charge in [0.05, 0.1) is 54.8 Å². The zero-order valence-electron chi connectivity index (χ0n) is 29.9. The number of benzene rings is 1. The standard InChI is InChI=1S/C37H50N4O9S/c1-22(2)49-33-17-32(27-14-15-31(48-4)23(3)34(27)39-33)50-25-16-29-30(43)19-37(36(45)40-51(46,47)26-12-13-26)18-24(37)10-8-6-5-7-9-11-28(38-21-42)35(44)41(29)20-25/h8,10,14-15,17,22,24-26,28-29,38,42H,5-7,9,11-13,16,18-21H2,1-4H3,(H,40,45)/b10-8-/t24-,25+,28-,29-,37+/m0/s1. The lowest BCUT2D eigenvalue weighted by molar-refractivity contribution is -0.141. The summed E-state index contributed by atoms with van der Waals surface area (Å²) in [5, 5.41) is 12.8. The molecule has 2 aliphatic heterocycles. The van der Waals surface area contributed by atoms with Crippen molar-refractivity contribution in [2.45, 2.75) is 115 Å². The highest BCUT2D eigenvalue weighted by Crippen LogP contribution is 2.57. The third-order valence-electron chi connectivity index (χ3n) is 10.6. The number of rotatable bonds is 10. The number of aryl methyl sites for hydroxylation is 1. The van der Waals surface area contributed by atoms with Crippen LogP contribution in [0.15, 0.2) is 30.4 Å². The molecule has 3 fully saturated rings. The summed E-state index contributed by atoms with van der Waals surface area (Å²) in [6, 6.07) is 3.76. The van der Waals surface area contributed by atoms with Crippen molar-refractivity contribution in [3.05, 3.63) is 35.9 Å². The first kappa shape index (κ1) is 37.0. The van der Waals surface area contributed by atoms with Crippen LogP contribution in [0.1, 0.15) is 83.6 Å². The average molecular weight is 727 g/mol. The Labute approximate surface area is 299 Å². The van der Waals surface area contributed by atoms with Gasteiger partial charge in [-0.25, -0.2) is 13.4 Å². The molecule has 278 valence electrons. The minimum absolute atomic E-state index is 0.0940. The Morgan fingerprint density at radius 3 is 2.63 bits per heavy atom. The Morgan fingerprint density at radius 1 is 1.14 bits per heavy atom. The number of carbonyl (C=O) groups is 3. The summed E-state index contributed by atoms with van der Waals surface area (Å²) in [6.07, 6.45) is 8.20. The molecule has 51 heavy (non-hydrogen) atoms. The molecule has 6 rings (SSSR count). The number of amides is 2. The molecule has 5 atom stereocenters. The van der Waals surface area contributed by atoms with Crippen LogP contribution >= 0.6 is 0 Å². The number of hydrogen-bond donors (Lipinski definition) is 3. The van der Waals surface area contributed by atoms with Crippen molar-refractivity contribution in [3.8, 4) is 17.4 Å². The fourth-order valence-corrected chi connectivity index (χ4v) is 8.90. The van der Waals surface area contributed by atoms with Gasteiger partial charge in [0, 0.05) is 29.9 Å². The molecule has 14 heteroatoms. The minimum atomic E-state index is -3.83. The number of sulfonamides is 1. The second-order valence-electron chi connectivity index (χ2n) is 14.7. The van der Waals surface area contributed by atoms with E-state index in [9.17, 15) is 27.9 Å². The van der Waals surface area contributed by atoms with Gasteiger partial charge >= 0.3 is 0 Å². The first-order chi connectivity index (χ1) is 24.4. The monoisotopic (exact) mass is 726 g/mol. The Kier molecular flexibility index (Phi) is 10.9. The van der Waals surface area contributed by atoms with Crippen LogP contribution in [-0.4, -0.2) is 90.9 Å². The molecule has 1 saturated heterocycles. The zero-order chi connectivity index (χ0) is 36.5. The molecule has 0 unspecified atom stereocenters. The highest BCUT2D eigenvalue weighted by molar-refractivity contribution is 7.90. The van der Waals surface area contributed by atoms with Crippen molar-refractivity contribution in [2.75, 3.05) is 20.4 Å². The maximum Gasteiger partial charge on any atom is 0.240 e. The second-order valence-corrected chi connectivity index (χ2v) is 16.6. The maximum absolute atomic E-state index is 14.4. The van der Waals surface area contributed by atoms with Crippen LogP contribution in [-0.2, 0) is 24.4 Å². The van der Waals surface area contributed by atoms with Crippen molar-refractivity contribution < 1.29 is 42.1 Å². The van der Waals surface area contributed by atoms with Gasteiger partial charge in [-0.3, -0.25) is 24.4 Å². The molecule has 0 radical (unpaired) electrons. The number of ether oxygens (including phenoxy) is 3. The molecular weight excluding hydrogens is 676 g/mol. The van der Waals surface area contributed by atoms with Crippen molar-refractivity contribution >= 4 is 38.5 Å². The van der Waals surface area contributed by atoms with Crippen LogP contribution < -0.4 is 24.2 Å². The van der Waals surface area contributed by atoms with Gasteiger partial charge in [-0.15, -0.1) is 0 Å². The lowest BCUT2D eigenvalue weighted by Gasteiger charge is -2.29. The molecule has 2 amide bonds. The van der Waals surface area contributed by atoms with E-state index in [2.05, 4.69) is 10.0 Å². The number of nitrogens with one attached hydrogen (secondary N) is 2. The summed E-state index contributed by atoms with van der Waals surface area (Å²) < 4.78 is 46.1. The largest absolute Gasteiger partial charge is 0.496 e. The van der Waals surface area contributed by atoms with Crippen LogP contribution in [0.2, 0.25) is 0 Å². The number of aliphatic hydroxyl groups excluding tert-OH is 1. The van der Waals surface area contributed by atoms with Gasteiger partial charge in [0.15, 0.2) is 5.78 Å². The van der Waals surface area contributed by atoms with E-state index in [0.29, 0.717) is 54.0 Å².